The molecule has 0 unspecified atom stereocenters. The molecule has 1 fully saturated rings. The Balaban J connectivity index is 1.33. The van der Waals surface area contributed by atoms with E-state index >= 15 is 0 Å². The molecule has 28 heavy (non-hydrogen) atoms. The van der Waals surface area contributed by atoms with E-state index in [0.29, 0.717) is 32.2 Å². The Bertz CT molecular complexity index is 852. The van der Waals surface area contributed by atoms with Crippen molar-refractivity contribution < 1.29 is 19.1 Å². The third-order valence-electron chi connectivity index (χ3n) is 5.32. The van der Waals surface area contributed by atoms with Crippen LogP contribution in [0.3, 0.4) is 0 Å². The number of carbonyl (C=O) groups is 2. The van der Waals surface area contributed by atoms with Gasteiger partial charge in [-0.2, -0.15) is 0 Å². The third kappa shape index (κ3) is 4.47. The first-order valence-corrected chi connectivity index (χ1v) is 10.5. The minimum Gasteiger partial charge on any atom is -0.454 e. The maximum absolute atomic E-state index is 12.3. The summed E-state index contributed by atoms with van der Waals surface area (Å²) in [6, 6.07) is 9.96. The van der Waals surface area contributed by atoms with Crippen molar-refractivity contribution in [2.75, 3.05) is 13.3 Å². The van der Waals surface area contributed by atoms with Gasteiger partial charge in [0.25, 0.3) is 0 Å². The van der Waals surface area contributed by atoms with Crippen LogP contribution in [0.5, 0.6) is 11.5 Å². The van der Waals surface area contributed by atoms with Crippen LogP contribution in [0.4, 0.5) is 0 Å². The summed E-state index contributed by atoms with van der Waals surface area (Å²) >= 11 is 1.70. The van der Waals surface area contributed by atoms with Crippen LogP contribution in [0.15, 0.2) is 35.7 Å². The van der Waals surface area contributed by atoms with E-state index in [-0.39, 0.29) is 24.1 Å². The Kier molecular flexibility index (Phi) is 5.52. The first kappa shape index (κ1) is 18.8. The van der Waals surface area contributed by atoms with Crippen molar-refractivity contribution in [3.8, 4) is 11.5 Å². The normalized spacial score (nSPS) is 20.2. The zero-order valence-electron chi connectivity index (χ0n) is 15.7. The van der Waals surface area contributed by atoms with E-state index in [0.717, 1.165) is 29.9 Å². The molecule has 148 valence electrons. The fraction of sp³-hybridized carbons (Fsp3) is 0.429. The number of thiophene rings is 1. The summed E-state index contributed by atoms with van der Waals surface area (Å²) < 4.78 is 10.8. The Morgan fingerprint density at radius 2 is 2.14 bits per heavy atom. The fourth-order valence-electron chi connectivity index (χ4n) is 3.84. The molecule has 7 heteroatoms. The highest BCUT2D eigenvalue weighted by Crippen LogP contribution is 2.35. The third-order valence-corrected chi connectivity index (χ3v) is 6.26. The van der Waals surface area contributed by atoms with Gasteiger partial charge in [-0.3, -0.25) is 9.59 Å². The van der Waals surface area contributed by atoms with Gasteiger partial charge >= 0.3 is 0 Å². The number of rotatable bonds is 8. The molecule has 0 bridgehead atoms. The van der Waals surface area contributed by atoms with Crippen LogP contribution >= 0.6 is 11.3 Å². The minimum atomic E-state index is -0.379. The number of ether oxygens (including phenoxy) is 2. The maximum atomic E-state index is 12.3. The van der Waals surface area contributed by atoms with E-state index in [1.165, 1.54) is 4.88 Å². The maximum Gasteiger partial charge on any atom is 0.231 e. The number of carbonyl (C=O) groups excluding carboxylic acids is 2. The fourth-order valence-corrected chi connectivity index (χ4v) is 4.55. The van der Waals surface area contributed by atoms with Gasteiger partial charge in [-0.05, 0) is 54.8 Å². The van der Waals surface area contributed by atoms with E-state index in [9.17, 15) is 9.59 Å². The van der Waals surface area contributed by atoms with Gasteiger partial charge in [-0.15, -0.1) is 11.3 Å². The summed E-state index contributed by atoms with van der Waals surface area (Å²) in [7, 11) is 0. The predicted octanol–water partition coefficient (Wildman–Crippen LogP) is 2.81. The highest BCUT2D eigenvalue weighted by molar-refractivity contribution is 7.09. The first-order chi connectivity index (χ1) is 13.6. The quantitative estimate of drug-likeness (QED) is 0.714. The van der Waals surface area contributed by atoms with E-state index in [1.54, 1.807) is 11.3 Å². The Labute approximate surface area is 168 Å². The van der Waals surface area contributed by atoms with Crippen LogP contribution in [-0.2, 0) is 22.4 Å². The second-order valence-electron chi connectivity index (χ2n) is 7.37. The number of benzene rings is 1. The molecule has 0 saturated carbocycles. The number of hydrogen-bond acceptors (Lipinski definition) is 5. The molecule has 0 aliphatic carbocycles. The van der Waals surface area contributed by atoms with Crippen molar-refractivity contribution in [2.45, 2.75) is 44.1 Å². The topological polar surface area (TPSA) is 76.7 Å². The van der Waals surface area contributed by atoms with Crippen molar-refractivity contribution in [1.82, 2.24) is 10.6 Å². The standard InChI is InChI=1S/C21H24N2O4S/c24-19(22-10-7-16-2-1-11-28-16)5-8-21(9-6-20(25)23-21)13-15-3-4-17-18(12-15)27-14-26-17/h1-4,11-12H,5-10,13-14H2,(H,22,24)(H,23,25)/t21-/m1/s1. The molecule has 0 radical (unpaired) electrons. The smallest absolute Gasteiger partial charge is 0.231 e. The highest BCUT2D eigenvalue weighted by atomic mass is 32.1. The van der Waals surface area contributed by atoms with Gasteiger partial charge < -0.3 is 20.1 Å². The monoisotopic (exact) mass is 400 g/mol. The molecular formula is C21H24N2O4S. The van der Waals surface area contributed by atoms with Crippen molar-refractivity contribution in [2.24, 2.45) is 0 Å². The zero-order valence-corrected chi connectivity index (χ0v) is 16.5. The van der Waals surface area contributed by atoms with Crippen molar-refractivity contribution in [3.63, 3.8) is 0 Å². The zero-order chi connectivity index (χ0) is 19.4. The van der Waals surface area contributed by atoms with Gasteiger partial charge in [0.2, 0.25) is 18.6 Å². The van der Waals surface area contributed by atoms with E-state index in [4.69, 9.17) is 9.47 Å². The van der Waals surface area contributed by atoms with Crippen LogP contribution in [0.25, 0.3) is 0 Å². The minimum absolute atomic E-state index is 0.0303. The molecular weight excluding hydrogens is 376 g/mol. The van der Waals surface area contributed by atoms with E-state index < -0.39 is 0 Å². The second kappa shape index (κ2) is 8.22. The molecule has 1 aromatic heterocycles. The van der Waals surface area contributed by atoms with Gasteiger partial charge in [0.05, 0.1) is 0 Å². The number of amides is 2. The summed E-state index contributed by atoms with van der Waals surface area (Å²) in [5, 5.41) is 8.16. The molecule has 1 atom stereocenters. The molecule has 2 aliphatic rings. The van der Waals surface area contributed by atoms with Crippen LogP contribution in [-0.4, -0.2) is 30.7 Å². The summed E-state index contributed by atoms with van der Waals surface area (Å²) in [6.45, 7) is 0.882. The average Bonchev–Trinajstić information content (AvgIpc) is 3.42. The lowest BCUT2D eigenvalue weighted by Gasteiger charge is -2.29. The predicted molar refractivity (Wildman–Crippen MR) is 107 cm³/mol. The van der Waals surface area contributed by atoms with Crippen LogP contribution in [0, 0.1) is 0 Å². The lowest BCUT2D eigenvalue weighted by Crippen LogP contribution is -2.44. The molecule has 2 amide bonds. The first-order valence-electron chi connectivity index (χ1n) is 9.61. The molecule has 0 spiro atoms. The SMILES string of the molecule is O=C(CC[C@]1(Cc2ccc3c(c2)OCO3)CCC(=O)N1)NCCc1cccs1. The largest absolute Gasteiger partial charge is 0.454 e. The summed E-state index contributed by atoms with van der Waals surface area (Å²) in [5.41, 5.74) is 0.695. The lowest BCUT2D eigenvalue weighted by atomic mass is 9.85. The van der Waals surface area contributed by atoms with Crippen LogP contribution in [0.2, 0.25) is 0 Å². The van der Waals surface area contributed by atoms with E-state index in [2.05, 4.69) is 16.7 Å². The summed E-state index contributed by atoms with van der Waals surface area (Å²) in [6.07, 6.45) is 3.79. The molecule has 1 saturated heterocycles. The molecule has 1 aromatic carbocycles. The van der Waals surface area contributed by atoms with Gasteiger partial charge in [-0.25, -0.2) is 0 Å². The molecule has 2 N–H and O–H groups in total. The Hall–Kier alpha value is -2.54. The Morgan fingerprint density at radius 1 is 1.25 bits per heavy atom. The second-order valence-corrected chi connectivity index (χ2v) is 8.40. The Morgan fingerprint density at radius 3 is 2.93 bits per heavy atom. The van der Waals surface area contributed by atoms with Gasteiger partial charge in [0.15, 0.2) is 11.5 Å². The van der Waals surface area contributed by atoms with Crippen LogP contribution < -0.4 is 20.1 Å². The molecule has 6 nitrogen and oxygen atoms in total. The van der Waals surface area contributed by atoms with Crippen molar-refractivity contribution >= 4 is 23.2 Å². The van der Waals surface area contributed by atoms with Crippen LogP contribution in [0.1, 0.15) is 36.1 Å². The van der Waals surface area contributed by atoms with E-state index in [1.807, 2.05) is 29.6 Å². The van der Waals surface area contributed by atoms with Crippen molar-refractivity contribution in [3.05, 3.63) is 46.2 Å². The van der Waals surface area contributed by atoms with Gasteiger partial charge in [0, 0.05) is 29.8 Å². The number of hydrogen-bond donors (Lipinski definition) is 2. The number of fused-ring (bicyclic) bond motifs is 1. The average molecular weight is 401 g/mol. The molecule has 2 aliphatic heterocycles. The summed E-state index contributed by atoms with van der Waals surface area (Å²) in [5.74, 6) is 1.57. The summed E-state index contributed by atoms with van der Waals surface area (Å²) in [4.78, 5) is 25.5. The molecule has 4 rings (SSSR count). The molecule has 2 aromatic rings. The number of nitrogens with one attached hydrogen (secondary N) is 2. The van der Waals surface area contributed by atoms with Crippen molar-refractivity contribution in [1.29, 1.82) is 0 Å². The van der Waals surface area contributed by atoms with Gasteiger partial charge in [0.1, 0.15) is 0 Å². The highest BCUT2D eigenvalue weighted by Gasteiger charge is 2.38. The lowest BCUT2D eigenvalue weighted by molar-refractivity contribution is -0.122. The van der Waals surface area contributed by atoms with Gasteiger partial charge in [-0.1, -0.05) is 12.1 Å². The molecule has 3 heterocycles.